The molecule has 1 unspecified atom stereocenters. The minimum Gasteiger partial charge on any atom is -0.326 e. The summed E-state index contributed by atoms with van der Waals surface area (Å²) in [7, 11) is -3.52. The third-order valence-corrected chi connectivity index (χ3v) is 3.74. The molecular weight excluding hydrogens is 216 g/mol. The Labute approximate surface area is 89.3 Å². The molecule has 0 amide bonds. The lowest BCUT2D eigenvalue weighted by Gasteiger charge is -2.11. The fraction of sp³-hybridized carbons (Fsp3) is 0.625. The zero-order valence-corrected chi connectivity index (χ0v) is 9.63. The summed E-state index contributed by atoms with van der Waals surface area (Å²) in [5.74, 6) is 0. The first-order valence-electron chi connectivity index (χ1n) is 4.76. The van der Waals surface area contributed by atoms with Crippen molar-refractivity contribution in [3.05, 3.63) is 11.8 Å². The number of nitrogens with zero attached hydrogens (tertiary/aromatic N) is 1. The van der Waals surface area contributed by atoms with E-state index >= 15 is 0 Å². The summed E-state index contributed by atoms with van der Waals surface area (Å²) < 4.78 is 26.1. The molecule has 0 aliphatic rings. The van der Waals surface area contributed by atoms with Crippen molar-refractivity contribution in [2.45, 2.75) is 37.9 Å². The minimum atomic E-state index is -3.52. The molecule has 1 heterocycles. The lowest BCUT2D eigenvalue weighted by molar-refractivity contribution is 0.551. The molecule has 0 bridgehead atoms. The molecule has 86 valence electrons. The molecule has 15 heavy (non-hydrogen) atoms. The van der Waals surface area contributed by atoms with E-state index in [1.165, 1.54) is 6.20 Å². The van der Waals surface area contributed by atoms with Crippen molar-refractivity contribution in [3.8, 4) is 0 Å². The van der Waals surface area contributed by atoms with Gasteiger partial charge in [-0.3, -0.25) is 5.10 Å². The maximum atomic E-state index is 11.8. The number of nitrogens with one attached hydrogen (secondary N) is 2. The summed E-state index contributed by atoms with van der Waals surface area (Å²) in [5.41, 5.74) is 5.89. The van der Waals surface area contributed by atoms with Crippen LogP contribution in [-0.4, -0.2) is 24.7 Å². The summed E-state index contributed by atoms with van der Waals surface area (Å²) in [6.45, 7) is 3.85. The SMILES string of the molecule is CCC(C)NS(=O)(=O)c1[nH]ncc1CN. The first-order valence-corrected chi connectivity index (χ1v) is 6.24. The molecule has 0 fully saturated rings. The van der Waals surface area contributed by atoms with Crippen LogP contribution in [0.2, 0.25) is 0 Å². The summed E-state index contributed by atoms with van der Waals surface area (Å²) >= 11 is 0. The Balaban J connectivity index is 2.96. The van der Waals surface area contributed by atoms with Gasteiger partial charge in [0.2, 0.25) is 0 Å². The Kier molecular flexibility index (Phi) is 3.83. The van der Waals surface area contributed by atoms with Gasteiger partial charge in [0.25, 0.3) is 10.0 Å². The van der Waals surface area contributed by atoms with Gasteiger partial charge in [0.1, 0.15) is 0 Å². The van der Waals surface area contributed by atoms with Gasteiger partial charge >= 0.3 is 0 Å². The number of sulfonamides is 1. The molecule has 0 spiro atoms. The van der Waals surface area contributed by atoms with E-state index in [1.807, 2.05) is 6.92 Å². The maximum absolute atomic E-state index is 11.8. The smallest absolute Gasteiger partial charge is 0.258 e. The third-order valence-electron chi connectivity index (χ3n) is 2.14. The van der Waals surface area contributed by atoms with Crippen molar-refractivity contribution in [2.24, 2.45) is 5.73 Å². The minimum absolute atomic E-state index is 0.0605. The lowest BCUT2D eigenvalue weighted by Crippen LogP contribution is -2.33. The van der Waals surface area contributed by atoms with E-state index in [-0.39, 0.29) is 17.6 Å². The molecule has 1 aromatic heterocycles. The van der Waals surface area contributed by atoms with Crippen LogP contribution in [0, 0.1) is 0 Å². The molecule has 0 aliphatic carbocycles. The lowest BCUT2D eigenvalue weighted by atomic mass is 10.3. The number of rotatable bonds is 5. The van der Waals surface area contributed by atoms with Gasteiger partial charge in [-0.05, 0) is 13.3 Å². The molecule has 4 N–H and O–H groups in total. The van der Waals surface area contributed by atoms with Crippen LogP contribution in [0.1, 0.15) is 25.8 Å². The van der Waals surface area contributed by atoms with E-state index in [9.17, 15) is 8.42 Å². The van der Waals surface area contributed by atoms with Gasteiger partial charge < -0.3 is 5.73 Å². The van der Waals surface area contributed by atoms with Crippen molar-refractivity contribution >= 4 is 10.0 Å². The van der Waals surface area contributed by atoms with Gasteiger partial charge in [0.15, 0.2) is 5.03 Å². The van der Waals surface area contributed by atoms with Crippen LogP contribution in [0.4, 0.5) is 0 Å². The van der Waals surface area contributed by atoms with Crippen LogP contribution in [0.15, 0.2) is 11.2 Å². The van der Waals surface area contributed by atoms with Gasteiger partial charge in [-0.1, -0.05) is 6.92 Å². The van der Waals surface area contributed by atoms with E-state index in [0.717, 1.165) is 6.42 Å². The van der Waals surface area contributed by atoms with Gasteiger partial charge in [-0.25, -0.2) is 13.1 Å². The second-order valence-corrected chi connectivity index (χ2v) is 5.01. The quantitative estimate of drug-likeness (QED) is 0.662. The van der Waals surface area contributed by atoms with Crippen molar-refractivity contribution in [1.29, 1.82) is 0 Å². The molecule has 0 saturated heterocycles. The normalized spacial score (nSPS) is 14.1. The number of hydrogen-bond acceptors (Lipinski definition) is 4. The molecule has 0 aromatic carbocycles. The number of hydrogen-bond donors (Lipinski definition) is 3. The van der Waals surface area contributed by atoms with Gasteiger partial charge in [0.05, 0.1) is 6.20 Å². The second-order valence-electron chi connectivity index (χ2n) is 3.36. The third kappa shape index (κ3) is 2.77. The first-order chi connectivity index (χ1) is 7.01. The van der Waals surface area contributed by atoms with E-state index in [0.29, 0.717) is 5.56 Å². The molecule has 0 radical (unpaired) electrons. The first kappa shape index (κ1) is 12.2. The Morgan fingerprint density at radius 2 is 2.33 bits per heavy atom. The highest BCUT2D eigenvalue weighted by Crippen LogP contribution is 2.11. The Hall–Kier alpha value is -0.920. The summed E-state index contributed by atoms with van der Waals surface area (Å²) in [6.07, 6.45) is 2.15. The molecular formula is C8H16N4O2S. The number of nitrogens with two attached hydrogens (primary N) is 1. The second kappa shape index (κ2) is 4.73. The Morgan fingerprint density at radius 1 is 1.67 bits per heavy atom. The highest BCUT2D eigenvalue weighted by Gasteiger charge is 2.21. The Bertz CT molecular complexity index is 412. The number of aromatic amines is 1. The molecule has 1 aromatic rings. The largest absolute Gasteiger partial charge is 0.326 e. The van der Waals surface area contributed by atoms with Crippen LogP contribution < -0.4 is 10.5 Å². The van der Waals surface area contributed by atoms with Crippen molar-refractivity contribution < 1.29 is 8.42 Å². The molecule has 0 aliphatic heterocycles. The number of H-pyrrole nitrogens is 1. The van der Waals surface area contributed by atoms with Crippen molar-refractivity contribution in [1.82, 2.24) is 14.9 Å². The highest BCUT2D eigenvalue weighted by atomic mass is 32.2. The summed E-state index contributed by atoms with van der Waals surface area (Å²) in [6, 6.07) is -0.107. The predicted molar refractivity (Wildman–Crippen MR) is 56.6 cm³/mol. The fourth-order valence-electron chi connectivity index (χ4n) is 1.08. The van der Waals surface area contributed by atoms with Crippen molar-refractivity contribution in [3.63, 3.8) is 0 Å². The molecule has 7 heteroatoms. The molecule has 0 saturated carbocycles. The zero-order chi connectivity index (χ0) is 11.5. The van der Waals surface area contributed by atoms with Gasteiger partial charge in [0, 0.05) is 18.2 Å². The zero-order valence-electron chi connectivity index (χ0n) is 8.82. The molecule has 1 rings (SSSR count). The van der Waals surface area contributed by atoms with Gasteiger partial charge in [-0.15, -0.1) is 0 Å². The maximum Gasteiger partial charge on any atom is 0.258 e. The molecule has 6 nitrogen and oxygen atoms in total. The van der Waals surface area contributed by atoms with E-state index in [2.05, 4.69) is 14.9 Å². The number of aromatic nitrogens is 2. The highest BCUT2D eigenvalue weighted by molar-refractivity contribution is 7.89. The monoisotopic (exact) mass is 232 g/mol. The topological polar surface area (TPSA) is 101 Å². The van der Waals surface area contributed by atoms with Crippen LogP contribution in [0.5, 0.6) is 0 Å². The standard InChI is InChI=1S/C8H16N4O2S/c1-3-6(2)12-15(13,14)8-7(4-9)5-10-11-8/h5-6,12H,3-4,9H2,1-2H3,(H,10,11). The van der Waals surface area contributed by atoms with E-state index in [1.54, 1.807) is 6.92 Å². The molecule has 1 atom stereocenters. The van der Waals surface area contributed by atoms with Gasteiger partial charge in [-0.2, -0.15) is 5.10 Å². The van der Waals surface area contributed by atoms with Crippen LogP contribution in [0.25, 0.3) is 0 Å². The average molecular weight is 232 g/mol. The van der Waals surface area contributed by atoms with Crippen LogP contribution >= 0.6 is 0 Å². The predicted octanol–water partition coefficient (Wildman–Crippen LogP) is -0.0548. The van der Waals surface area contributed by atoms with E-state index in [4.69, 9.17) is 5.73 Å². The van der Waals surface area contributed by atoms with Crippen LogP contribution in [0.3, 0.4) is 0 Å². The average Bonchev–Trinajstić information content (AvgIpc) is 2.65. The summed E-state index contributed by atoms with van der Waals surface area (Å²) in [5, 5.41) is 6.17. The van der Waals surface area contributed by atoms with Crippen LogP contribution in [-0.2, 0) is 16.6 Å². The van der Waals surface area contributed by atoms with Crippen molar-refractivity contribution in [2.75, 3.05) is 0 Å². The van der Waals surface area contributed by atoms with E-state index < -0.39 is 10.0 Å². The summed E-state index contributed by atoms with van der Waals surface area (Å²) in [4.78, 5) is 0. The fourth-order valence-corrected chi connectivity index (χ4v) is 2.55. The Morgan fingerprint density at radius 3 is 2.87 bits per heavy atom.